The van der Waals surface area contributed by atoms with Crippen LogP contribution in [0.25, 0.3) is 0 Å². The fraction of sp³-hybridized carbons (Fsp3) is 0.706. The van der Waals surface area contributed by atoms with Crippen LogP contribution in [0.2, 0.25) is 0 Å². The van der Waals surface area contributed by atoms with E-state index in [1.165, 1.54) is 12.8 Å². The predicted molar refractivity (Wildman–Crippen MR) is 85.4 cm³/mol. The van der Waals surface area contributed by atoms with Gasteiger partial charge >= 0.3 is 5.97 Å². The van der Waals surface area contributed by atoms with E-state index >= 15 is 0 Å². The average molecular weight is 308 g/mol. The lowest BCUT2D eigenvalue weighted by Crippen LogP contribution is -2.50. The van der Waals surface area contributed by atoms with Crippen LogP contribution >= 0.6 is 0 Å². The molecule has 124 valence electrons. The number of hydrogen-bond acceptors (Lipinski definition) is 4. The molecule has 0 amide bonds. The molecule has 0 radical (unpaired) electrons. The van der Waals surface area contributed by atoms with Gasteiger partial charge in [0.1, 0.15) is 6.23 Å². The molecular formula is C17H28N2O3. The van der Waals surface area contributed by atoms with Gasteiger partial charge in [-0.3, -0.25) is 9.69 Å². The van der Waals surface area contributed by atoms with Crippen LogP contribution in [0.3, 0.4) is 0 Å². The maximum absolute atomic E-state index is 11.8. The third-order valence-electron chi connectivity index (χ3n) is 4.63. The van der Waals surface area contributed by atoms with Gasteiger partial charge in [0.2, 0.25) is 0 Å². The van der Waals surface area contributed by atoms with Crippen molar-refractivity contribution < 1.29 is 14.3 Å². The van der Waals surface area contributed by atoms with Gasteiger partial charge in [-0.2, -0.15) is 0 Å². The summed E-state index contributed by atoms with van der Waals surface area (Å²) in [5.41, 5.74) is 1.15. The Balaban J connectivity index is 2.11. The number of rotatable bonds is 6. The molecule has 0 saturated carbocycles. The summed E-state index contributed by atoms with van der Waals surface area (Å²) in [6.45, 7) is 7.36. The minimum Gasteiger partial charge on any atom is -0.468 e. The molecule has 0 N–H and O–H groups in total. The number of carbonyl (C=O) groups excluding carboxylic acids is 1. The normalized spacial score (nSPS) is 25.8. The summed E-state index contributed by atoms with van der Waals surface area (Å²) in [6.07, 6.45) is 3.94. The highest BCUT2D eigenvalue weighted by Crippen LogP contribution is 2.34. The standard InChI is InChI=1S/C17H28N2O3/c1-13(2)16-19(11-15(20)21-5)17(3,12-22-16)9-8-14-7-6-10-18(14)4/h6-7,10,13,16H,8-9,11-12H2,1-5H3/t16-,17-/m1/s1. The Kier molecular flexibility index (Phi) is 5.29. The van der Waals surface area contributed by atoms with Gasteiger partial charge in [0.05, 0.1) is 20.3 Å². The molecule has 1 aromatic rings. The number of ether oxygens (including phenoxy) is 2. The van der Waals surface area contributed by atoms with E-state index in [0.717, 1.165) is 12.8 Å². The third kappa shape index (κ3) is 3.52. The van der Waals surface area contributed by atoms with Crippen molar-refractivity contribution in [1.29, 1.82) is 0 Å². The van der Waals surface area contributed by atoms with Crippen LogP contribution in [0.15, 0.2) is 18.3 Å². The van der Waals surface area contributed by atoms with Gasteiger partial charge in [0.25, 0.3) is 0 Å². The van der Waals surface area contributed by atoms with Crippen LogP contribution in [0, 0.1) is 5.92 Å². The lowest BCUT2D eigenvalue weighted by Gasteiger charge is -2.36. The first-order valence-electron chi connectivity index (χ1n) is 7.93. The summed E-state index contributed by atoms with van der Waals surface area (Å²) in [7, 11) is 3.50. The van der Waals surface area contributed by atoms with Gasteiger partial charge in [-0.25, -0.2) is 0 Å². The van der Waals surface area contributed by atoms with Crippen molar-refractivity contribution in [1.82, 2.24) is 9.47 Å². The fourth-order valence-electron chi connectivity index (χ4n) is 3.15. The van der Waals surface area contributed by atoms with Gasteiger partial charge in [0, 0.05) is 24.5 Å². The van der Waals surface area contributed by atoms with Crippen molar-refractivity contribution >= 4 is 5.97 Å². The highest BCUT2D eigenvalue weighted by Gasteiger charge is 2.45. The Morgan fingerprint density at radius 1 is 1.55 bits per heavy atom. The van der Waals surface area contributed by atoms with Crippen LogP contribution in [-0.4, -0.2) is 47.5 Å². The molecule has 1 aliphatic rings. The highest BCUT2D eigenvalue weighted by atomic mass is 16.5. The van der Waals surface area contributed by atoms with Gasteiger partial charge in [-0.1, -0.05) is 13.8 Å². The molecule has 0 spiro atoms. The van der Waals surface area contributed by atoms with Crippen LogP contribution in [0.4, 0.5) is 0 Å². The second kappa shape index (κ2) is 6.84. The molecule has 2 rings (SSSR count). The maximum atomic E-state index is 11.8. The van der Waals surface area contributed by atoms with E-state index < -0.39 is 0 Å². The summed E-state index contributed by atoms with van der Waals surface area (Å²) >= 11 is 0. The van der Waals surface area contributed by atoms with Crippen molar-refractivity contribution in [3.8, 4) is 0 Å². The molecule has 1 aliphatic heterocycles. The zero-order valence-corrected chi connectivity index (χ0v) is 14.3. The summed E-state index contributed by atoms with van der Waals surface area (Å²) in [5.74, 6) is 0.128. The summed E-state index contributed by atoms with van der Waals surface area (Å²) in [5, 5.41) is 0. The van der Waals surface area contributed by atoms with Crippen LogP contribution < -0.4 is 0 Å². The first kappa shape index (κ1) is 17.0. The molecule has 1 aromatic heterocycles. The molecular weight excluding hydrogens is 280 g/mol. The van der Waals surface area contributed by atoms with E-state index in [0.29, 0.717) is 12.5 Å². The Morgan fingerprint density at radius 2 is 2.27 bits per heavy atom. The van der Waals surface area contributed by atoms with Gasteiger partial charge < -0.3 is 14.0 Å². The number of esters is 1. The number of nitrogens with zero attached hydrogens (tertiary/aromatic N) is 2. The average Bonchev–Trinajstić information content (AvgIpc) is 3.02. The van der Waals surface area contributed by atoms with Gasteiger partial charge in [-0.15, -0.1) is 0 Å². The van der Waals surface area contributed by atoms with E-state index in [4.69, 9.17) is 9.47 Å². The Hall–Kier alpha value is -1.33. The molecule has 0 bridgehead atoms. The van der Waals surface area contributed by atoms with Gasteiger partial charge in [0.15, 0.2) is 0 Å². The number of aryl methyl sites for hydroxylation is 2. The lowest BCUT2D eigenvalue weighted by molar-refractivity contribution is -0.145. The molecule has 5 nitrogen and oxygen atoms in total. The predicted octanol–water partition coefficient (Wildman–Crippen LogP) is 2.20. The Labute approximate surface area is 133 Å². The molecule has 5 heteroatoms. The second-order valence-electron chi connectivity index (χ2n) is 6.76. The molecule has 0 aliphatic carbocycles. The van der Waals surface area contributed by atoms with Crippen LogP contribution in [0.5, 0.6) is 0 Å². The molecule has 1 fully saturated rings. The maximum Gasteiger partial charge on any atom is 0.319 e. The van der Waals surface area contributed by atoms with Crippen molar-refractivity contribution in [3.05, 3.63) is 24.0 Å². The van der Waals surface area contributed by atoms with Crippen molar-refractivity contribution in [2.75, 3.05) is 20.3 Å². The fourth-order valence-corrected chi connectivity index (χ4v) is 3.15. The zero-order chi connectivity index (χ0) is 16.3. The van der Waals surface area contributed by atoms with E-state index in [2.05, 4.69) is 55.6 Å². The van der Waals surface area contributed by atoms with Crippen LogP contribution in [0.1, 0.15) is 32.9 Å². The van der Waals surface area contributed by atoms with E-state index in [1.54, 1.807) is 0 Å². The second-order valence-corrected chi connectivity index (χ2v) is 6.76. The van der Waals surface area contributed by atoms with Gasteiger partial charge in [-0.05, 0) is 37.8 Å². The van der Waals surface area contributed by atoms with E-state index in [-0.39, 0.29) is 24.3 Å². The van der Waals surface area contributed by atoms with E-state index in [9.17, 15) is 4.79 Å². The first-order valence-corrected chi connectivity index (χ1v) is 7.93. The molecule has 1 saturated heterocycles. The highest BCUT2D eigenvalue weighted by molar-refractivity contribution is 5.71. The number of aromatic nitrogens is 1. The van der Waals surface area contributed by atoms with Crippen molar-refractivity contribution in [3.63, 3.8) is 0 Å². The third-order valence-corrected chi connectivity index (χ3v) is 4.63. The smallest absolute Gasteiger partial charge is 0.319 e. The first-order chi connectivity index (χ1) is 10.4. The monoisotopic (exact) mass is 308 g/mol. The lowest BCUT2D eigenvalue weighted by atomic mass is 9.93. The number of carbonyl (C=O) groups is 1. The topological polar surface area (TPSA) is 43.7 Å². The van der Waals surface area contributed by atoms with E-state index in [1.807, 2.05) is 0 Å². The largest absolute Gasteiger partial charge is 0.468 e. The number of methoxy groups -OCH3 is 1. The zero-order valence-electron chi connectivity index (χ0n) is 14.3. The minimum absolute atomic E-state index is 0.0301. The molecule has 0 aromatic carbocycles. The summed E-state index contributed by atoms with van der Waals surface area (Å²) in [6, 6.07) is 4.20. The molecule has 0 unspecified atom stereocenters. The van der Waals surface area contributed by atoms with Crippen LogP contribution in [-0.2, 0) is 27.7 Å². The minimum atomic E-state index is -0.207. The molecule has 22 heavy (non-hydrogen) atoms. The molecule has 2 atom stereocenters. The quantitative estimate of drug-likeness (QED) is 0.756. The Bertz CT molecular complexity index is 512. The SMILES string of the molecule is COC(=O)CN1[C@@H](C(C)C)OC[C@@]1(C)CCc1cccn1C. The Morgan fingerprint density at radius 3 is 2.82 bits per heavy atom. The molecule has 2 heterocycles. The van der Waals surface area contributed by atoms with Crippen molar-refractivity contribution in [2.45, 2.75) is 45.4 Å². The van der Waals surface area contributed by atoms with Crippen molar-refractivity contribution in [2.24, 2.45) is 13.0 Å². The summed E-state index contributed by atoms with van der Waals surface area (Å²) in [4.78, 5) is 14.0. The number of hydrogen-bond donors (Lipinski definition) is 0. The summed E-state index contributed by atoms with van der Waals surface area (Å²) < 4.78 is 13.0.